The number of carbonyl (C=O) groups is 1. The van der Waals surface area contributed by atoms with Crippen molar-refractivity contribution in [2.75, 3.05) is 24.7 Å². The predicted octanol–water partition coefficient (Wildman–Crippen LogP) is 3.11. The van der Waals surface area contributed by atoms with Crippen LogP contribution in [-0.4, -0.2) is 36.4 Å². The Morgan fingerprint density at radius 1 is 1.43 bits per heavy atom. The van der Waals surface area contributed by atoms with Crippen LogP contribution in [0.3, 0.4) is 0 Å². The number of nitrogens with one attached hydrogen (secondary N) is 2. The summed E-state index contributed by atoms with van der Waals surface area (Å²) < 4.78 is 37.7. The summed E-state index contributed by atoms with van der Waals surface area (Å²) in [5.74, 6) is -0.520. The van der Waals surface area contributed by atoms with Crippen molar-refractivity contribution in [3.8, 4) is 0 Å². The van der Waals surface area contributed by atoms with Crippen LogP contribution >= 0.6 is 23.1 Å². The van der Waals surface area contributed by atoms with E-state index in [1.54, 1.807) is 18.2 Å². The Hall–Kier alpha value is -1.32. The van der Waals surface area contributed by atoms with Gasteiger partial charge < -0.3 is 10.6 Å². The van der Waals surface area contributed by atoms with E-state index >= 15 is 0 Å². The molecular formula is C12H12F3N3OS2. The number of alkyl halides is 3. The minimum Gasteiger partial charge on any atom is -0.325 e. The smallest absolute Gasteiger partial charge is 0.325 e. The Morgan fingerprint density at radius 2 is 2.19 bits per heavy atom. The first kappa shape index (κ1) is 16.1. The molecule has 9 heteroatoms. The average Bonchev–Trinajstić information content (AvgIpc) is 2.79. The van der Waals surface area contributed by atoms with Crippen molar-refractivity contribution in [1.82, 2.24) is 10.3 Å². The molecule has 0 saturated carbocycles. The summed E-state index contributed by atoms with van der Waals surface area (Å²) in [5.41, 5.74) is 1.37. The van der Waals surface area contributed by atoms with Gasteiger partial charge in [-0.1, -0.05) is 11.8 Å². The van der Waals surface area contributed by atoms with Crippen molar-refractivity contribution >= 4 is 44.9 Å². The van der Waals surface area contributed by atoms with E-state index < -0.39 is 25.2 Å². The fourth-order valence-corrected chi connectivity index (χ4v) is 3.12. The van der Waals surface area contributed by atoms with Crippen molar-refractivity contribution in [3.05, 3.63) is 18.2 Å². The zero-order valence-electron chi connectivity index (χ0n) is 11.0. The number of fused-ring (bicyclic) bond motifs is 1. The Morgan fingerprint density at radius 3 is 2.86 bits per heavy atom. The summed E-state index contributed by atoms with van der Waals surface area (Å²) >= 11 is 3.03. The van der Waals surface area contributed by atoms with Crippen LogP contribution in [0.1, 0.15) is 0 Å². The van der Waals surface area contributed by atoms with Crippen LogP contribution in [0.4, 0.5) is 18.9 Å². The lowest BCUT2D eigenvalue weighted by Gasteiger charge is -2.08. The van der Waals surface area contributed by atoms with Crippen LogP contribution in [0.15, 0.2) is 22.5 Å². The molecule has 4 nitrogen and oxygen atoms in total. The van der Waals surface area contributed by atoms with Gasteiger partial charge in [0.15, 0.2) is 4.34 Å². The molecule has 0 fully saturated rings. The van der Waals surface area contributed by atoms with E-state index in [1.165, 1.54) is 23.1 Å². The number of amides is 1. The highest BCUT2D eigenvalue weighted by molar-refractivity contribution is 8.00. The molecule has 0 radical (unpaired) electrons. The lowest BCUT2D eigenvalue weighted by atomic mass is 10.3. The highest BCUT2D eigenvalue weighted by Crippen LogP contribution is 2.29. The first-order valence-electron chi connectivity index (χ1n) is 5.89. The fourth-order valence-electron chi connectivity index (χ4n) is 1.59. The summed E-state index contributed by atoms with van der Waals surface area (Å²) in [4.78, 5) is 15.9. The van der Waals surface area contributed by atoms with Gasteiger partial charge in [0, 0.05) is 5.69 Å². The highest BCUT2D eigenvalue weighted by atomic mass is 32.2. The molecule has 114 valence electrons. The van der Waals surface area contributed by atoms with Gasteiger partial charge in [-0.25, -0.2) is 4.98 Å². The SMILES string of the molecule is CSc1nc2ccc(NC(=O)CNCC(F)(F)F)cc2s1. The van der Waals surface area contributed by atoms with Crippen molar-refractivity contribution in [2.45, 2.75) is 10.5 Å². The normalized spacial score (nSPS) is 11.8. The van der Waals surface area contributed by atoms with Crippen molar-refractivity contribution in [2.24, 2.45) is 0 Å². The van der Waals surface area contributed by atoms with E-state index in [-0.39, 0.29) is 0 Å². The standard InChI is InChI=1S/C12H12F3N3OS2/c1-20-11-18-8-3-2-7(4-9(8)21-11)17-10(19)5-16-6-12(13,14)15/h2-4,16H,5-6H2,1H3,(H,17,19). The number of benzene rings is 1. The van der Waals surface area contributed by atoms with Gasteiger partial charge in [-0.3, -0.25) is 4.79 Å². The van der Waals surface area contributed by atoms with Gasteiger partial charge in [-0.2, -0.15) is 13.2 Å². The molecule has 0 spiro atoms. The predicted molar refractivity (Wildman–Crippen MR) is 79.0 cm³/mol. The molecule has 1 heterocycles. The minimum absolute atomic E-state index is 0.393. The van der Waals surface area contributed by atoms with E-state index in [0.717, 1.165) is 14.6 Å². The van der Waals surface area contributed by atoms with Gasteiger partial charge in [-0.05, 0) is 24.5 Å². The summed E-state index contributed by atoms with van der Waals surface area (Å²) in [6.45, 7) is -1.58. The summed E-state index contributed by atoms with van der Waals surface area (Å²) in [7, 11) is 0. The third-order valence-corrected chi connectivity index (χ3v) is 4.44. The molecular weight excluding hydrogens is 323 g/mol. The molecule has 1 aromatic heterocycles. The molecule has 2 rings (SSSR count). The monoisotopic (exact) mass is 335 g/mol. The van der Waals surface area contributed by atoms with Crippen molar-refractivity contribution in [3.63, 3.8) is 0 Å². The maximum absolute atomic E-state index is 11.9. The number of anilines is 1. The molecule has 0 aliphatic rings. The molecule has 0 aliphatic carbocycles. The molecule has 0 aliphatic heterocycles. The topological polar surface area (TPSA) is 54.0 Å². The molecule has 1 amide bonds. The number of hydrogen-bond acceptors (Lipinski definition) is 5. The molecule has 0 bridgehead atoms. The number of aromatic nitrogens is 1. The van der Waals surface area contributed by atoms with Crippen LogP contribution in [0.5, 0.6) is 0 Å². The number of thiazole rings is 1. The molecule has 0 saturated heterocycles. The molecule has 2 N–H and O–H groups in total. The summed E-state index contributed by atoms with van der Waals surface area (Å²) in [5, 5.41) is 4.60. The molecule has 0 unspecified atom stereocenters. The Labute approximate surface area is 127 Å². The van der Waals surface area contributed by atoms with Gasteiger partial charge in [0.1, 0.15) is 0 Å². The first-order chi connectivity index (χ1) is 9.87. The van der Waals surface area contributed by atoms with Crippen LogP contribution in [0, 0.1) is 0 Å². The first-order valence-corrected chi connectivity index (χ1v) is 7.93. The number of thioether (sulfide) groups is 1. The molecule has 21 heavy (non-hydrogen) atoms. The summed E-state index contributed by atoms with van der Waals surface area (Å²) in [6.07, 6.45) is -2.40. The number of rotatable bonds is 5. The Balaban J connectivity index is 1.94. The third kappa shape index (κ3) is 4.87. The van der Waals surface area contributed by atoms with Crippen molar-refractivity contribution in [1.29, 1.82) is 0 Å². The van der Waals surface area contributed by atoms with E-state index in [0.29, 0.717) is 5.69 Å². The molecule has 1 aromatic carbocycles. The Bertz CT molecular complexity index is 642. The third-order valence-electron chi connectivity index (χ3n) is 2.44. The van der Waals surface area contributed by atoms with Gasteiger partial charge >= 0.3 is 6.18 Å². The zero-order valence-corrected chi connectivity index (χ0v) is 12.6. The highest BCUT2D eigenvalue weighted by Gasteiger charge is 2.26. The van der Waals surface area contributed by atoms with E-state index in [1.807, 2.05) is 11.6 Å². The summed E-state index contributed by atoms with van der Waals surface area (Å²) in [6, 6.07) is 5.20. The second-order valence-electron chi connectivity index (χ2n) is 4.13. The average molecular weight is 335 g/mol. The second kappa shape index (κ2) is 6.63. The van der Waals surface area contributed by atoms with Crippen molar-refractivity contribution < 1.29 is 18.0 Å². The van der Waals surface area contributed by atoms with Gasteiger partial charge in [-0.15, -0.1) is 11.3 Å². The van der Waals surface area contributed by atoms with Gasteiger partial charge in [0.25, 0.3) is 0 Å². The van der Waals surface area contributed by atoms with E-state index in [9.17, 15) is 18.0 Å². The van der Waals surface area contributed by atoms with Gasteiger partial charge in [0.2, 0.25) is 5.91 Å². The van der Waals surface area contributed by atoms with Gasteiger partial charge in [0.05, 0.1) is 23.3 Å². The maximum atomic E-state index is 11.9. The van der Waals surface area contributed by atoms with Crippen LogP contribution in [-0.2, 0) is 4.79 Å². The largest absolute Gasteiger partial charge is 0.401 e. The molecule has 2 aromatic rings. The Kier molecular flexibility index (Phi) is 5.07. The minimum atomic E-state index is -4.32. The quantitative estimate of drug-likeness (QED) is 0.825. The molecule has 0 atom stereocenters. The van der Waals surface area contributed by atoms with E-state index in [4.69, 9.17) is 0 Å². The lowest BCUT2D eigenvalue weighted by Crippen LogP contribution is -2.35. The van der Waals surface area contributed by atoms with Crippen LogP contribution < -0.4 is 10.6 Å². The number of carbonyl (C=O) groups excluding carboxylic acids is 1. The zero-order chi connectivity index (χ0) is 15.5. The lowest BCUT2D eigenvalue weighted by molar-refractivity contribution is -0.126. The maximum Gasteiger partial charge on any atom is 0.401 e. The van der Waals surface area contributed by atoms with Crippen LogP contribution in [0.2, 0.25) is 0 Å². The van der Waals surface area contributed by atoms with E-state index in [2.05, 4.69) is 10.3 Å². The number of nitrogens with zero attached hydrogens (tertiary/aromatic N) is 1. The number of halogens is 3. The fraction of sp³-hybridized carbons (Fsp3) is 0.333. The second-order valence-corrected chi connectivity index (χ2v) is 6.22. The number of hydrogen-bond donors (Lipinski definition) is 2. The van der Waals surface area contributed by atoms with Crippen LogP contribution in [0.25, 0.3) is 10.2 Å².